The minimum absolute atomic E-state index is 0.00760. The third-order valence-corrected chi connectivity index (χ3v) is 17.8. The van der Waals surface area contributed by atoms with E-state index in [0.717, 1.165) is 12.0 Å². The van der Waals surface area contributed by atoms with Gasteiger partial charge in [-0.05, 0) is 109 Å². The molecule has 1 spiro atoms. The van der Waals surface area contributed by atoms with Crippen LogP contribution in [0, 0.1) is 34.5 Å². The number of ether oxygens (including phenoxy) is 5. The number of hydrogen-bond acceptors (Lipinski definition) is 17. The molecule has 1 saturated carbocycles. The van der Waals surface area contributed by atoms with E-state index in [1.807, 2.05) is 54.5 Å². The molecule has 8 N–H and O–H groups in total. The van der Waals surface area contributed by atoms with E-state index in [1.54, 1.807) is 62.1 Å². The number of allylic oxidation sites excluding steroid dienone is 1. The topological polar surface area (TPSA) is 317 Å². The Morgan fingerprint density at radius 2 is 1.56 bits per heavy atom. The standard InChI is InChI=1S/C65H105N9O15/c1-40(2)22-23-51-64(12,89-51)55-54(85-14)50(24-25-65(55)39-87-65)88-61(84)74-27-18-21-46(74)37-86-60(83)72-53(78)36-73(13)28-26-66-33-47(76)34-67-56(79)48(29-41(3)4)71-57(80)49(30-45-19-16-15-17-20-45)70-52(77)35-69-59(82)63(11,43(7)8)38-62(10,31-42(5)6)58(81)68-32-44(9)75/h15-17,19-20,22,41-44,46,48-51,54-55,66,75H,18,21,23-39H2,1-14H3,(H,67,79)(H,68,81)(H,69,82)(H,70,77)(H,71,80)(H,72,78,83)/t44?,46-,48-,49-,50?,51+,54?,55?,62?,63?,64+,65-/m0/s1. The summed E-state index contributed by atoms with van der Waals surface area (Å²) >= 11 is 0. The van der Waals surface area contributed by atoms with Crippen LogP contribution in [0.3, 0.4) is 0 Å². The number of likely N-dealkylation sites (N-methyl/N-ethyl adjacent to an activating group) is 1. The van der Waals surface area contributed by atoms with Gasteiger partial charge in [-0.3, -0.25) is 43.8 Å². The molecule has 1 aromatic carbocycles. The average Bonchev–Trinajstić information content (AvgIpc) is 1.53. The van der Waals surface area contributed by atoms with Crippen molar-refractivity contribution >= 4 is 53.4 Å². The number of likely N-dealkylation sites (tertiary alicyclic amines) is 1. The van der Waals surface area contributed by atoms with Gasteiger partial charge in [0.05, 0.1) is 57.0 Å². The van der Waals surface area contributed by atoms with Crippen molar-refractivity contribution in [2.24, 2.45) is 34.5 Å². The summed E-state index contributed by atoms with van der Waals surface area (Å²) in [7, 11) is 3.28. The van der Waals surface area contributed by atoms with Crippen molar-refractivity contribution in [1.29, 1.82) is 0 Å². The molecule has 24 heteroatoms. The largest absolute Gasteiger partial charge is 0.447 e. The molecule has 89 heavy (non-hydrogen) atoms. The summed E-state index contributed by atoms with van der Waals surface area (Å²) in [6.07, 6.45) is 3.18. The molecule has 4 aliphatic rings. The third-order valence-electron chi connectivity index (χ3n) is 17.8. The maximum absolute atomic E-state index is 14.1. The van der Waals surface area contributed by atoms with E-state index in [4.69, 9.17) is 23.7 Å². The Kier molecular flexibility index (Phi) is 27.6. The summed E-state index contributed by atoms with van der Waals surface area (Å²) in [5.41, 5.74) is -1.00. The minimum atomic E-state index is -1.17. The van der Waals surface area contributed by atoms with Gasteiger partial charge in [-0.1, -0.05) is 97.4 Å². The van der Waals surface area contributed by atoms with Crippen LogP contribution in [0.25, 0.3) is 0 Å². The summed E-state index contributed by atoms with van der Waals surface area (Å²) in [6, 6.07) is 6.30. The number of ketones is 1. The molecule has 1 aliphatic carbocycles. The number of Topliss-reactive ketones (excluding diaryl/α,β-unsaturated/α-hetero) is 1. The molecule has 0 bridgehead atoms. The molecule has 8 amide bonds. The van der Waals surface area contributed by atoms with Crippen LogP contribution in [0.1, 0.15) is 140 Å². The molecule has 3 aliphatic heterocycles. The van der Waals surface area contributed by atoms with Crippen molar-refractivity contribution in [3.05, 3.63) is 47.5 Å². The number of amides is 8. The lowest BCUT2D eigenvalue weighted by Crippen LogP contribution is -2.56. The zero-order valence-electron chi connectivity index (χ0n) is 55.3. The lowest BCUT2D eigenvalue weighted by Gasteiger charge is -2.43. The van der Waals surface area contributed by atoms with Gasteiger partial charge >= 0.3 is 12.2 Å². The van der Waals surface area contributed by atoms with E-state index in [2.05, 4.69) is 64.1 Å². The van der Waals surface area contributed by atoms with E-state index < -0.39 is 101 Å². The number of alkyl carbamates (subject to hydrolysis) is 1. The molecule has 12 atom stereocenters. The van der Waals surface area contributed by atoms with Crippen LogP contribution in [-0.2, 0) is 63.7 Å². The monoisotopic (exact) mass is 1250 g/mol. The third kappa shape index (κ3) is 21.8. The molecule has 1 aromatic rings. The van der Waals surface area contributed by atoms with Crippen molar-refractivity contribution in [1.82, 2.24) is 47.0 Å². The van der Waals surface area contributed by atoms with E-state index >= 15 is 0 Å². The van der Waals surface area contributed by atoms with Gasteiger partial charge in [-0.15, -0.1) is 0 Å². The Hall–Kier alpha value is -6.05. The maximum atomic E-state index is 14.1. The number of aliphatic hydroxyl groups is 1. The Morgan fingerprint density at radius 3 is 2.18 bits per heavy atom. The van der Waals surface area contributed by atoms with Crippen molar-refractivity contribution in [3.8, 4) is 0 Å². The first-order valence-corrected chi connectivity index (χ1v) is 31.8. The molecular weight excluding hydrogens is 1150 g/mol. The lowest BCUT2D eigenvalue weighted by atomic mass is 9.64. The first-order chi connectivity index (χ1) is 41.8. The van der Waals surface area contributed by atoms with Gasteiger partial charge in [-0.2, -0.15) is 0 Å². The second kappa shape index (κ2) is 33.3. The van der Waals surface area contributed by atoms with Crippen LogP contribution < -0.4 is 37.2 Å². The van der Waals surface area contributed by atoms with Gasteiger partial charge in [0, 0.05) is 50.5 Å². The van der Waals surface area contributed by atoms with Crippen LogP contribution in [-0.4, -0.2) is 202 Å². The van der Waals surface area contributed by atoms with E-state index in [9.17, 15) is 48.3 Å². The highest BCUT2D eigenvalue weighted by atomic mass is 16.6. The zero-order valence-corrected chi connectivity index (χ0v) is 55.3. The molecule has 500 valence electrons. The van der Waals surface area contributed by atoms with Gasteiger partial charge < -0.3 is 65.6 Å². The molecule has 5 rings (SSSR count). The Bertz CT molecular complexity index is 2610. The number of epoxide rings is 2. The number of imide groups is 1. The first kappa shape index (κ1) is 73.7. The van der Waals surface area contributed by atoms with Crippen molar-refractivity contribution < 1.29 is 71.9 Å². The second-order valence-corrected chi connectivity index (χ2v) is 27.3. The number of benzene rings is 1. The van der Waals surface area contributed by atoms with Crippen LogP contribution in [0.4, 0.5) is 9.59 Å². The van der Waals surface area contributed by atoms with Gasteiger partial charge in [0.2, 0.25) is 35.4 Å². The Morgan fingerprint density at radius 1 is 0.865 bits per heavy atom. The zero-order chi connectivity index (χ0) is 66.0. The second-order valence-electron chi connectivity index (χ2n) is 27.3. The molecule has 3 heterocycles. The molecule has 0 radical (unpaired) electrons. The molecule has 6 unspecified atom stereocenters. The predicted octanol–water partition coefficient (Wildman–Crippen LogP) is 4.10. The fourth-order valence-corrected chi connectivity index (χ4v) is 12.7. The average molecular weight is 1250 g/mol. The number of methoxy groups -OCH3 is 1. The smallest absolute Gasteiger partial charge is 0.413 e. The number of nitrogens with zero attached hydrogens (tertiary/aromatic N) is 2. The highest BCUT2D eigenvalue weighted by Gasteiger charge is 2.72. The number of nitrogens with one attached hydrogen (secondary N) is 7. The normalized spacial score (nSPS) is 24.3. The Labute approximate surface area is 526 Å². The number of rotatable bonds is 35. The molecule has 4 fully saturated rings. The Balaban J connectivity index is 1.04. The number of carbonyl (C=O) groups is 9. The van der Waals surface area contributed by atoms with Crippen molar-refractivity contribution in [2.75, 3.05) is 79.7 Å². The summed E-state index contributed by atoms with van der Waals surface area (Å²) in [6.45, 7) is 23.2. The molecular formula is C65H105N9O15. The van der Waals surface area contributed by atoms with Gasteiger partial charge in [0.15, 0.2) is 5.78 Å². The SMILES string of the molecule is COC1C(OC(=O)N2CCC[C@H]2COC(=O)NC(=O)CN(C)CCNCC(=O)CNC(=O)[C@H](CC(C)C)NC(=O)[C@H](Cc2ccccc2)NC(=O)CNC(=O)C(C)(CC(C)(CC(C)C)C(=O)NCC(C)O)C(C)C)CC[C@]2(CO2)C1[C@]1(C)O[C@@H]1CC=C(C)C. The summed E-state index contributed by atoms with van der Waals surface area (Å²) in [5.74, 6) is -3.94. The molecule has 24 nitrogen and oxygen atoms in total. The summed E-state index contributed by atoms with van der Waals surface area (Å²) in [5, 5.41) is 28.8. The van der Waals surface area contributed by atoms with Gasteiger partial charge in [0.1, 0.15) is 42.1 Å². The highest BCUT2D eigenvalue weighted by Crippen LogP contribution is 2.60. The highest BCUT2D eigenvalue weighted by molar-refractivity contribution is 5.95. The van der Waals surface area contributed by atoms with Crippen LogP contribution in [0.2, 0.25) is 0 Å². The van der Waals surface area contributed by atoms with E-state index in [1.165, 1.54) is 5.57 Å². The molecule has 3 saturated heterocycles. The van der Waals surface area contributed by atoms with E-state index in [-0.39, 0.29) is 106 Å². The summed E-state index contributed by atoms with van der Waals surface area (Å²) in [4.78, 5) is 125. The predicted molar refractivity (Wildman–Crippen MR) is 334 cm³/mol. The van der Waals surface area contributed by atoms with Crippen LogP contribution in [0.15, 0.2) is 42.0 Å². The van der Waals surface area contributed by atoms with Crippen molar-refractivity contribution in [2.45, 2.75) is 195 Å². The molecule has 0 aromatic heterocycles. The van der Waals surface area contributed by atoms with E-state index in [0.29, 0.717) is 51.8 Å². The number of hydrogen-bond donors (Lipinski definition) is 8. The van der Waals surface area contributed by atoms with Gasteiger partial charge in [0.25, 0.3) is 0 Å². The lowest BCUT2D eigenvalue weighted by molar-refractivity contribution is -0.142. The fourth-order valence-electron chi connectivity index (χ4n) is 12.7. The van der Waals surface area contributed by atoms with Crippen LogP contribution in [0.5, 0.6) is 0 Å². The van der Waals surface area contributed by atoms with Crippen LogP contribution >= 0.6 is 0 Å². The maximum Gasteiger partial charge on any atom is 0.413 e. The number of aliphatic hydroxyl groups excluding tert-OH is 1. The van der Waals surface area contributed by atoms with Crippen molar-refractivity contribution in [3.63, 3.8) is 0 Å². The quantitative estimate of drug-likeness (QED) is 0.0269. The van der Waals surface area contributed by atoms with Gasteiger partial charge in [-0.25, -0.2) is 9.59 Å². The fraction of sp³-hybridized carbons (Fsp3) is 0.738. The minimum Gasteiger partial charge on any atom is -0.447 e. The summed E-state index contributed by atoms with van der Waals surface area (Å²) < 4.78 is 30.0. The number of carbonyl (C=O) groups excluding carboxylic acids is 9. The first-order valence-electron chi connectivity index (χ1n) is 31.8.